The lowest BCUT2D eigenvalue weighted by atomic mass is 10.2. The minimum absolute atomic E-state index is 0.120. The molecule has 21 heavy (non-hydrogen) atoms. The van der Waals surface area contributed by atoms with Gasteiger partial charge in [0.05, 0.1) is 11.6 Å². The third-order valence-corrected chi connectivity index (χ3v) is 2.55. The van der Waals surface area contributed by atoms with E-state index in [0.717, 1.165) is 6.20 Å². The standard InChI is InChI=1S/C14H12N2O5/c1-14(2)20-12(18)11(13(19)21-14)7-16-9-3-8(6-15)4-10(17)5-9/h3-5,7,16-17H,1-2H3. The number of phenolic OH excluding ortho intramolecular Hbond substituents is 1. The van der Waals surface area contributed by atoms with Crippen LogP contribution in [0.25, 0.3) is 0 Å². The zero-order valence-corrected chi connectivity index (χ0v) is 11.3. The van der Waals surface area contributed by atoms with E-state index in [1.165, 1.54) is 32.0 Å². The summed E-state index contributed by atoms with van der Waals surface area (Å²) in [6.45, 7) is 2.89. The van der Waals surface area contributed by atoms with Crippen LogP contribution < -0.4 is 5.32 Å². The first-order valence-electron chi connectivity index (χ1n) is 5.98. The number of nitriles is 1. The number of aromatic hydroxyl groups is 1. The third kappa shape index (κ3) is 3.30. The number of phenols is 1. The molecule has 1 aliphatic heterocycles. The molecule has 1 aromatic carbocycles. The predicted octanol–water partition coefficient (Wildman–Crippen LogP) is 1.40. The minimum atomic E-state index is -1.30. The topological polar surface area (TPSA) is 109 Å². The monoisotopic (exact) mass is 288 g/mol. The Labute approximate surface area is 120 Å². The molecule has 0 amide bonds. The average Bonchev–Trinajstić information content (AvgIpc) is 2.35. The van der Waals surface area contributed by atoms with Gasteiger partial charge in [0.15, 0.2) is 5.57 Å². The number of hydrogen-bond donors (Lipinski definition) is 2. The Morgan fingerprint density at radius 2 is 1.86 bits per heavy atom. The molecule has 0 saturated carbocycles. The molecule has 1 aromatic rings. The van der Waals surface area contributed by atoms with Crippen LogP contribution in [0.4, 0.5) is 5.69 Å². The third-order valence-electron chi connectivity index (χ3n) is 2.55. The Morgan fingerprint density at radius 1 is 1.24 bits per heavy atom. The van der Waals surface area contributed by atoms with Crippen LogP contribution in [0.1, 0.15) is 19.4 Å². The second-order valence-electron chi connectivity index (χ2n) is 4.76. The molecule has 7 nitrogen and oxygen atoms in total. The van der Waals surface area contributed by atoms with Crippen LogP contribution in [0.2, 0.25) is 0 Å². The van der Waals surface area contributed by atoms with E-state index in [-0.39, 0.29) is 16.9 Å². The number of esters is 2. The Morgan fingerprint density at radius 3 is 2.43 bits per heavy atom. The van der Waals surface area contributed by atoms with Crippen LogP contribution in [0.5, 0.6) is 5.75 Å². The largest absolute Gasteiger partial charge is 0.508 e. The van der Waals surface area contributed by atoms with Gasteiger partial charge in [-0.3, -0.25) is 0 Å². The van der Waals surface area contributed by atoms with Gasteiger partial charge in [0.1, 0.15) is 5.75 Å². The Kier molecular flexibility index (Phi) is 3.54. The van der Waals surface area contributed by atoms with Gasteiger partial charge in [0, 0.05) is 31.8 Å². The van der Waals surface area contributed by atoms with Crippen molar-refractivity contribution in [3.63, 3.8) is 0 Å². The number of ether oxygens (including phenoxy) is 2. The summed E-state index contributed by atoms with van der Waals surface area (Å²) in [7, 11) is 0. The van der Waals surface area contributed by atoms with E-state index in [1.807, 2.05) is 6.07 Å². The molecule has 2 rings (SSSR count). The highest BCUT2D eigenvalue weighted by Crippen LogP contribution is 2.23. The first-order chi connectivity index (χ1) is 9.80. The van der Waals surface area contributed by atoms with Gasteiger partial charge in [-0.15, -0.1) is 0 Å². The molecule has 1 aliphatic rings. The van der Waals surface area contributed by atoms with Crippen molar-refractivity contribution in [3.05, 3.63) is 35.5 Å². The fraction of sp³-hybridized carbons (Fsp3) is 0.214. The van der Waals surface area contributed by atoms with E-state index in [4.69, 9.17) is 14.7 Å². The molecule has 0 aliphatic carbocycles. The quantitative estimate of drug-likeness (QED) is 0.481. The summed E-state index contributed by atoms with van der Waals surface area (Å²) in [4.78, 5) is 23.4. The molecule has 2 N–H and O–H groups in total. The summed E-state index contributed by atoms with van der Waals surface area (Å²) in [5, 5.41) is 20.9. The van der Waals surface area contributed by atoms with Crippen LogP contribution >= 0.6 is 0 Å². The van der Waals surface area contributed by atoms with Gasteiger partial charge in [0.2, 0.25) is 0 Å². The number of anilines is 1. The van der Waals surface area contributed by atoms with E-state index in [2.05, 4.69) is 5.32 Å². The van der Waals surface area contributed by atoms with Gasteiger partial charge in [-0.05, 0) is 12.1 Å². The lowest BCUT2D eigenvalue weighted by Crippen LogP contribution is -2.42. The zero-order valence-electron chi connectivity index (χ0n) is 11.3. The fourth-order valence-electron chi connectivity index (χ4n) is 1.69. The lowest BCUT2D eigenvalue weighted by molar-refractivity contribution is -0.222. The van der Waals surface area contributed by atoms with E-state index in [9.17, 15) is 14.7 Å². The van der Waals surface area contributed by atoms with Crippen molar-refractivity contribution in [2.24, 2.45) is 0 Å². The number of benzene rings is 1. The Hall–Kier alpha value is -3.01. The van der Waals surface area contributed by atoms with Crippen LogP contribution in [0, 0.1) is 11.3 Å². The van der Waals surface area contributed by atoms with E-state index in [1.54, 1.807) is 0 Å². The van der Waals surface area contributed by atoms with Gasteiger partial charge in [-0.1, -0.05) is 0 Å². The Balaban J connectivity index is 2.22. The summed E-state index contributed by atoms with van der Waals surface area (Å²) in [5.41, 5.74) is 0.256. The number of carbonyl (C=O) groups excluding carboxylic acids is 2. The number of carbonyl (C=O) groups is 2. The van der Waals surface area contributed by atoms with E-state index >= 15 is 0 Å². The van der Waals surface area contributed by atoms with Crippen molar-refractivity contribution < 1.29 is 24.2 Å². The molecular weight excluding hydrogens is 276 g/mol. The molecule has 108 valence electrons. The van der Waals surface area contributed by atoms with Crippen molar-refractivity contribution in [2.75, 3.05) is 5.32 Å². The highest BCUT2D eigenvalue weighted by molar-refractivity contribution is 6.15. The zero-order chi connectivity index (χ0) is 15.6. The SMILES string of the molecule is CC1(C)OC(=O)C(=CNc2cc(O)cc(C#N)c2)C(=O)O1. The molecule has 0 aromatic heterocycles. The van der Waals surface area contributed by atoms with Gasteiger partial charge in [0.25, 0.3) is 5.79 Å². The molecule has 0 bridgehead atoms. The number of nitrogens with one attached hydrogen (secondary N) is 1. The molecule has 0 radical (unpaired) electrons. The van der Waals surface area contributed by atoms with Crippen molar-refractivity contribution in [1.82, 2.24) is 0 Å². The average molecular weight is 288 g/mol. The van der Waals surface area contributed by atoms with Crippen molar-refractivity contribution in [2.45, 2.75) is 19.6 Å². The second-order valence-corrected chi connectivity index (χ2v) is 4.76. The summed E-state index contributed by atoms with van der Waals surface area (Å²) >= 11 is 0. The van der Waals surface area contributed by atoms with Crippen molar-refractivity contribution in [3.8, 4) is 11.8 Å². The number of cyclic esters (lactones) is 2. The van der Waals surface area contributed by atoms with Crippen LogP contribution in [0.15, 0.2) is 30.0 Å². The van der Waals surface area contributed by atoms with Gasteiger partial charge in [-0.2, -0.15) is 5.26 Å². The molecule has 0 unspecified atom stereocenters. The molecule has 1 fully saturated rings. The fourth-order valence-corrected chi connectivity index (χ4v) is 1.69. The molecule has 0 spiro atoms. The number of nitrogens with zero attached hydrogens (tertiary/aromatic N) is 1. The van der Waals surface area contributed by atoms with E-state index in [0.29, 0.717) is 5.69 Å². The predicted molar refractivity (Wildman–Crippen MR) is 70.8 cm³/mol. The summed E-state index contributed by atoms with van der Waals surface area (Å²) in [6.07, 6.45) is 1.11. The van der Waals surface area contributed by atoms with Crippen molar-refractivity contribution in [1.29, 1.82) is 5.26 Å². The van der Waals surface area contributed by atoms with Crippen LogP contribution in [-0.4, -0.2) is 22.8 Å². The normalized spacial score (nSPS) is 16.5. The van der Waals surface area contributed by atoms with Gasteiger partial charge < -0.3 is 19.9 Å². The minimum Gasteiger partial charge on any atom is -0.508 e. The first kappa shape index (κ1) is 14.4. The Bertz CT molecular complexity index is 663. The first-order valence-corrected chi connectivity index (χ1v) is 5.98. The van der Waals surface area contributed by atoms with Gasteiger partial charge >= 0.3 is 11.9 Å². The maximum atomic E-state index is 11.7. The van der Waals surface area contributed by atoms with E-state index < -0.39 is 17.7 Å². The van der Waals surface area contributed by atoms with Crippen LogP contribution in [-0.2, 0) is 19.1 Å². The molecular formula is C14H12N2O5. The second kappa shape index (κ2) is 5.17. The summed E-state index contributed by atoms with van der Waals surface area (Å²) in [5.74, 6) is -3.05. The highest BCUT2D eigenvalue weighted by Gasteiger charge is 2.38. The van der Waals surface area contributed by atoms with Crippen molar-refractivity contribution >= 4 is 17.6 Å². The van der Waals surface area contributed by atoms with Crippen LogP contribution in [0.3, 0.4) is 0 Å². The number of rotatable bonds is 2. The smallest absolute Gasteiger partial charge is 0.350 e. The molecule has 1 heterocycles. The highest BCUT2D eigenvalue weighted by atomic mass is 16.7. The maximum Gasteiger partial charge on any atom is 0.350 e. The molecule has 1 saturated heterocycles. The number of hydrogen-bond acceptors (Lipinski definition) is 7. The van der Waals surface area contributed by atoms with Gasteiger partial charge in [-0.25, -0.2) is 9.59 Å². The molecule has 7 heteroatoms. The molecule has 0 atom stereocenters. The maximum absolute atomic E-state index is 11.7. The summed E-state index contributed by atoms with van der Waals surface area (Å²) < 4.78 is 9.84. The lowest BCUT2D eigenvalue weighted by Gasteiger charge is -2.29. The summed E-state index contributed by atoms with van der Waals surface area (Å²) in [6, 6.07) is 5.93.